The summed E-state index contributed by atoms with van der Waals surface area (Å²) in [4.78, 5) is 10.6. The van der Waals surface area contributed by atoms with E-state index in [4.69, 9.17) is 0 Å². The van der Waals surface area contributed by atoms with Crippen molar-refractivity contribution in [3.63, 3.8) is 0 Å². The van der Waals surface area contributed by atoms with E-state index < -0.39 is 0 Å². The molecule has 54 valence electrons. The Morgan fingerprint density at radius 2 is 2.22 bits per heavy atom. The molecule has 2 nitrogen and oxygen atoms in total. The zero-order valence-corrected chi connectivity index (χ0v) is 7.94. The molecule has 0 atom stereocenters. The largest absolute Gasteiger partial charge is 0.299 e. The third kappa shape index (κ3) is 6.08. The molecule has 0 saturated heterocycles. The summed E-state index contributed by atoms with van der Waals surface area (Å²) in [6.07, 6.45) is 1.63. The average Bonchev–Trinajstić information content (AvgIpc) is 1.83. The van der Waals surface area contributed by atoms with Crippen LogP contribution in [0, 0.1) is 5.92 Å². The number of carbonyl (C=O) groups excluding carboxylic acids is 1. The molecule has 0 heterocycles. The topological polar surface area (TPSA) is 29.1 Å². The highest BCUT2D eigenvalue weighted by molar-refractivity contribution is 14.1. The summed E-state index contributed by atoms with van der Waals surface area (Å²) in [6.45, 7) is 4.22. The molecular formula is C6H12INO. The predicted molar refractivity (Wildman–Crippen MR) is 46.2 cm³/mol. The van der Waals surface area contributed by atoms with E-state index in [1.807, 2.05) is 22.9 Å². The average molecular weight is 241 g/mol. The summed E-state index contributed by atoms with van der Waals surface area (Å²) in [5.74, 6) is 0.753. The van der Waals surface area contributed by atoms with Gasteiger partial charge in [-0.15, -0.1) is 0 Å². The third-order valence-corrected chi connectivity index (χ3v) is 1.66. The van der Waals surface area contributed by atoms with Crippen molar-refractivity contribution >= 4 is 28.8 Å². The molecule has 0 radical (unpaired) electrons. The van der Waals surface area contributed by atoms with E-state index in [-0.39, 0.29) is 5.91 Å². The summed E-state index contributed by atoms with van der Waals surface area (Å²) < 4.78 is 2.55. The van der Waals surface area contributed by atoms with Gasteiger partial charge in [0.1, 0.15) is 0 Å². The first-order valence-electron chi connectivity index (χ1n) is 3.06. The molecule has 0 saturated carbocycles. The molecule has 0 aliphatic carbocycles. The number of halogens is 1. The fraction of sp³-hybridized carbons (Fsp3) is 0.833. The number of hydrogen-bond acceptors (Lipinski definition) is 1. The highest BCUT2D eigenvalue weighted by Gasteiger charge is 1.99. The summed E-state index contributed by atoms with van der Waals surface area (Å²) in [5, 5.41) is 0. The van der Waals surface area contributed by atoms with Gasteiger partial charge in [0.15, 0.2) is 0 Å². The lowest BCUT2D eigenvalue weighted by Crippen LogP contribution is -2.11. The maximum atomic E-state index is 10.6. The van der Waals surface area contributed by atoms with Crippen LogP contribution >= 0.6 is 22.9 Å². The summed E-state index contributed by atoms with van der Waals surface area (Å²) in [6, 6.07) is 0. The molecule has 0 bridgehead atoms. The quantitative estimate of drug-likeness (QED) is 0.593. The van der Waals surface area contributed by atoms with E-state index in [9.17, 15) is 4.79 Å². The Morgan fingerprint density at radius 3 is 2.56 bits per heavy atom. The Balaban J connectivity index is 3.17. The Labute approximate surface area is 69.9 Å². The lowest BCUT2D eigenvalue weighted by atomic mass is 10.1. The standard InChI is InChI=1S/C6H12INO/c1-5(2)3-4-6(9)8-7/h5H,3-4H2,1-2H3,(H,8,9). The minimum atomic E-state index is 0.129. The number of nitrogens with one attached hydrogen (secondary N) is 1. The van der Waals surface area contributed by atoms with Crippen molar-refractivity contribution in [3.05, 3.63) is 0 Å². The van der Waals surface area contributed by atoms with Crippen LogP contribution in [0.3, 0.4) is 0 Å². The maximum Gasteiger partial charge on any atom is 0.228 e. The molecule has 1 N–H and O–H groups in total. The fourth-order valence-corrected chi connectivity index (χ4v) is 0.737. The van der Waals surface area contributed by atoms with Crippen molar-refractivity contribution in [3.8, 4) is 0 Å². The monoisotopic (exact) mass is 241 g/mol. The number of hydrogen-bond donors (Lipinski definition) is 1. The fourth-order valence-electron chi connectivity index (χ4n) is 0.467. The third-order valence-electron chi connectivity index (χ3n) is 1.05. The normalized spacial score (nSPS) is 9.78. The molecular weight excluding hydrogens is 229 g/mol. The SMILES string of the molecule is CC(C)CCC(=O)NI. The minimum Gasteiger partial charge on any atom is -0.299 e. The van der Waals surface area contributed by atoms with Gasteiger partial charge < -0.3 is 0 Å². The van der Waals surface area contributed by atoms with Crippen molar-refractivity contribution in [2.75, 3.05) is 0 Å². The van der Waals surface area contributed by atoms with Crippen molar-refractivity contribution in [1.82, 2.24) is 3.53 Å². The van der Waals surface area contributed by atoms with Crippen molar-refractivity contribution in [1.29, 1.82) is 0 Å². The summed E-state index contributed by atoms with van der Waals surface area (Å²) in [5.41, 5.74) is 0. The van der Waals surface area contributed by atoms with E-state index in [0.717, 1.165) is 6.42 Å². The van der Waals surface area contributed by atoms with Gasteiger partial charge in [0.05, 0.1) is 22.9 Å². The second-order valence-electron chi connectivity index (χ2n) is 2.45. The summed E-state index contributed by atoms with van der Waals surface area (Å²) >= 11 is 1.86. The van der Waals surface area contributed by atoms with Crippen LogP contribution in [-0.2, 0) is 4.79 Å². The van der Waals surface area contributed by atoms with Crippen LogP contribution in [0.2, 0.25) is 0 Å². The molecule has 0 aromatic rings. The van der Waals surface area contributed by atoms with E-state index in [0.29, 0.717) is 12.3 Å². The highest BCUT2D eigenvalue weighted by atomic mass is 127. The molecule has 0 spiro atoms. The van der Waals surface area contributed by atoms with E-state index in [2.05, 4.69) is 17.4 Å². The first-order chi connectivity index (χ1) is 4.16. The van der Waals surface area contributed by atoms with Crippen LogP contribution < -0.4 is 3.53 Å². The van der Waals surface area contributed by atoms with Crippen molar-refractivity contribution in [2.24, 2.45) is 5.92 Å². The molecule has 0 aliphatic heterocycles. The zero-order valence-electron chi connectivity index (χ0n) is 5.78. The molecule has 0 aromatic carbocycles. The molecule has 0 aromatic heterocycles. The van der Waals surface area contributed by atoms with Gasteiger partial charge in [0, 0.05) is 6.42 Å². The van der Waals surface area contributed by atoms with Crippen LogP contribution in [-0.4, -0.2) is 5.91 Å². The van der Waals surface area contributed by atoms with Crippen LogP contribution in [0.25, 0.3) is 0 Å². The van der Waals surface area contributed by atoms with Crippen molar-refractivity contribution in [2.45, 2.75) is 26.7 Å². The molecule has 3 heteroatoms. The van der Waals surface area contributed by atoms with Crippen LogP contribution in [0.4, 0.5) is 0 Å². The zero-order chi connectivity index (χ0) is 7.28. The van der Waals surface area contributed by atoms with Gasteiger partial charge in [0.2, 0.25) is 5.91 Å². The second kappa shape index (κ2) is 5.02. The Kier molecular flexibility index (Phi) is 5.13. The minimum absolute atomic E-state index is 0.129. The lowest BCUT2D eigenvalue weighted by Gasteiger charge is -2.00. The highest BCUT2D eigenvalue weighted by Crippen LogP contribution is 2.02. The Bertz CT molecular complexity index is 93.1. The van der Waals surface area contributed by atoms with Gasteiger partial charge in [-0.05, 0) is 12.3 Å². The van der Waals surface area contributed by atoms with Crippen LogP contribution in [0.1, 0.15) is 26.7 Å². The van der Waals surface area contributed by atoms with Gasteiger partial charge in [-0.25, -0.2) is 0 Å². The number of rotatable bonds is 3. The first kappa shape index (κ1) is 9.20. The molecule has 0 rings (SSSR count). The first-order valence-corrected chi connectivity index (χ1v) is 4.14. The molecule has 0 unspecified atom stereocenters. The van der Waals surface area contributed by atoms with Crippen molar-refractivity contribution < 1.29 is 4.79 Å². The molecule has 9 heavy (non-hydrogen) atoms. The van der Waals surface area contributed by atoms with Gasteiger partial charge in [-0.2, -0.15) is 0 Å². The number of amides is 1. The van der Waals surface area contributed by atoms with E-state index in [1.54, 1.807) is 0 Å². The summed E-state index contributed by atoms with van der Waals surface area (Å²) in [7, 11) is 0. The lowest BCUT2D eigenvalue weighted by molar-refractivity contribution is -0.119. The van der Waals surface area contributed by atoms with Crippen LogP contribution in [0.15, 0.2) is 0 Å². The van der Waals surface area contributed by atoms with Gasteiger partial charge in [-0.3, -0.25) is 8.32 Å². The Morgan fingerprint density at radius 1 is 1.67 bits per heavy atom. The molecule has 1 amide bonds. The molecule has 0 fully saturated rings. The number of carbonyl (C=O) groups is 1. The smallest absolute Gasteiger partial charge is 0.228 e. The maximum absolute atomic E-state index is 10.6. The molecule has 0 aliphatic rings. The van der Waals surface area contributed by atoms with E-state index >= 15 is 0 Å². The van der Waals surface area contributed by atoms with Gasteiger partial charge >= 0.3 is 0 Å². The predicted octanol–water partition coefficient (Wildman–Crippen LogP) is 1.89. The Hall–Kier alpha value is 0.200. The van der Waals surface area contributed by atoms with E-state index in [1.165, 1.54) is 0 Å². The van der Waals surface area contributed by atoms with Gasteiger partial charge in [0.25, 0.3) is 0 Å². The van der Waals surface area contributed by atoms with Crippen LogP contribution in [0.5, 0.6) is 0 Å². The van der Waals surface area contributed by atoms with Gasteiger partial charge in [-0.1, -0.05) is 13.8 Å². The second-order valence-corrected chi connectivity index (χ2v) is 2.99.